The van der Waals surface area contributed by atoms with Gasteiger partial charge in [0, 0.05) is 28.5 Å². The molecule has 0 unspecified atom stereocenters. The van der Waals surface area contributed by atoms with E-state index < -0.39 is 10.7 Å². The monoisotopic (exact) mass is 321 g/mol. The van der Waals surface area contributed by atoms with Gasteiger partial charge in [-0.25, -0.2) is 0 Å². The van der Waals surface area contributed by atoms with Crippen LogP contribution in [0.4, 0.5) is 11.4 Å². The normalized spacial score (nSPS) is 10.8. The molecule has 0 fully saturated rings. The standard InChI is InChI=1S/C12H8BrN3O3/c13-9-4-8(12(17)11(5-9)16(18)19)6-15-10-2-1-3-14-7-10/h1-7,17H. The molecule has 0 spiro atoms. The Kier molecular flexibility index (Phi) is 3.86. The summed E-state index contributed by atoms with van der Waals surface area (Å²) in [5, 5.41) is 20.6. The van der Waals surface area contributed by atoms with Crippen LogP contribution < -0.4 is 0 Å². The Balaban J connectivity index is 2.41. The van der Waals surface area contributed by atoms with Crippen molar-refractivity contribution in [3.05, 3.63) is 56.8 Å². The van der Waals surface area contributed by atoms with E-state index in [-0.39, 0.29) is 11.3 Å². The molecule has 6 nitrogen and oxygen atoms in total. The Morgan fingerprint density at radius 1 is 1.47 bits per heavy atom. The fourth-order valence-corrected chi connectivity index (χ4v) is 1.88. The number of aliphatic imine (C=N–C) groups is 1. The topological polar surface area (TPSA) is 88.6 Å². The van der Waals surface area contributed by atoms with Crippen LogP contribution in [0.2, 0.25) is 0 Å². The molecule has 0 aliphatic heterocycles. The summed E-state index contributed by atoms with van der Waals surface area (Å²) in [6, 6.07) is 6.22. The third-order valence-electron chi connectivity index (χ3n) is 2.28. The van der Waals surface area contributed by atoms with Gasteiger partial charge in [0.25, 0.3) is 0 Å². The van der Waals surface area contributed by atoms with Crippen LogP contribution in [0.5, 0.6) is 5.75 Å². The number of aromatic nitrogens is 1. The Morgan fingerprint density at radius 3 is 2.89 bits per heavy atom. The average Bonchev–Trinajstić information content (AvgIpc) is 2.40. The fourth-order valence-electron chi connectivity index (χ4n) is 1.42. The molecular weight excluding hydrogens is 314 g/mol. The van der Waals surface area contributed by atoms with E-state index in [1.165, 1.54) is 12.3 Å². The molecule has 0 aliphatic carbocycles. The highest BCUT2D eigenvalue weighted by Gasteiger charge is 2.17. The highest BCUT2D eigenvalue weighted by atomic mass is 79.9. The van der Waals surface area contributed by atoms with Crippen LogP contribution in [0.3, 0.4) is 0 Å². The minimum Gasteiger partial charge on any atom is -0.502 e. The van der Waals surface area contributed by atoms with Crippen molar-refractivity contribution in [1.29, 1.82) is 0 Å². The number of hydrogen-bond donors (Lipinski definition) is 1. The van der Waals surface area contributed by atoms with E-state index >= 15 is 0 Å². The van der Waals surface area contributed by atoms with Crippen LogP contribution >= 0.6 is 15.9 Å². The van der Waals surface area contributed by atoms with Gasteiger partial charge in [0.05, 0.1) is 16.8 Å². The van der Waals surface area contributed by atoms with E-state index in [2.05, 4.69) is 25.9 Å². The summed E-state index contributed by atoms with van der Waals surface area (Å²) in [6.07, 6.45) is 4.50. The maximum atomic E-state index is 10.8. The van der Waals surface area contributed by atoms with Gasteiger partial charge in [-0.15, -0.1) is 0 Å². The lowest BCUT2D eigenvalue weighted by molar-refractivity contribution is -0.385. The van der Waals surface area contributed by atoms with Gasteiger partial charge in [0.15, 0.2) is 0 Å². The van der Waals surface area contributed by atoms with Crippen molar-refractivity contribution in [2.45, 2.75) is 0 Å². The summed E-state index contributed by atoms with van der Waals surface area (Å²) in [5.74, 6) is -0.416. The second kappa shape index (κ2) is 5.57. The molecular formula is C12H8BrN3O3. The lowest BCUT2D eigenvalue weighted by Gasteiger charge is -2.01. The van der Waals surface area contributed by atoms with Crippen LogP contribution in [0.25, 0.3) is 0 Å². The van der Waals surface area contributed by atoms with Crippen molar-refractivity contribution in [1.82, 2.24) is 4.98 Å². The number of nitrogens with zero attached hydrogens (tertiary/aromatic N) is 3. The number of hydrogen-bond acceptors (Lipinski definition) is 5. The van der Waals surface area contributed by atoms with Crippen molar-refractivity contribution in [2.24, 2.45) is 4.99 Å². The van der Waals surface area contributed by atoms with Gasteiger partial charge in [-0.2, -0.15) is 0 Å². The molecule has 1 heterocycles. The number of nitro groups is 1. The zero-order valence-corrected chi connectivity index (χ0v) is 11.1. The highest BCUT2D eigenvalue weighted by molar-refractivity contribution is 9.10. The largest absolute Gasteiger partial charge is 0.502 e. The molecule has 0 amide bonds. The summed E-state index contributed by atoms with van der Waals surface area (Å²) in [4.78, 5) is 18.1. The van der Waals surface area contributed by atoms with Crippen molar-refractivity contribution < 1.29 is 10.0 Å². The van der Waals surface area contributed by atoms with E-state index in [0.29, 0.717) is 10.2 Å². The predicted octanol–water partition coefficient (Wildman–Crippen LogP) is 3.21. The number of halogens is 1. The summed E-state index contributed by atoms with van der Waals surface area (Å²) in [6.45, 7) is 0. The van der Waals surface area contributed by atoms with E-state index in [1.54, 1.807) is 30.6 Å². The van der Waals surface area contributed by atoms with Crippen LogP contribution in [0.15, 0.2) is 46.1 Å². The number of nitro benzene ring substituents is 1. The van der Waals surface area contributed by atoms with Crippen LogP contribution in [-0.2, 0) is 0 Å². The molecule has 7 heteroatoms. The van der Waals surface area contributed by atoms with E-state index in [4.69, 9.17) is 0 Å². The summed E-state index contributed by atoms with van der Waals surface area (Å²) in [7, 11) is 0. The maximum absolute atomic E-state index is 10.8. The van der Waals surface area contributed by atoms with Crippen LogP contribution in [0, 0.1) is 10.1 Å². The zero-order valence-electron chi connectivity index (χ0n) is 9.52. The van der Waals surface area contributed by atoms with Gasteiger partial charge in [0.1, 0.15) is 0 Å². The molecule has 0 saturated carbocycles. The third-order valence-corrected chi connectivity index (χ3v) is 2.74. The molecule has 0 bridgehead atoms. The van der Waals surface area contributed by atoms with Gasteiger partial charge in [-0.05, 0) is 18.2 Å². The first-order valence-corrected chi connectivity index (χ1v) is 5.98. The van der Waals surface area contributed by atoms with Crippen molar-refractivity contribution in [3.8, 4) is 5.75 Å². The Hall–Kier alpha value is -2.28. The first-order valence-electron chi connectivity index (χ1n) is 5.19. The van der Waals surface area contributed by atoms with Crippen LogP contribution in [0.1, 0.15) is 5.56 Å². The zero-order chi connectivity index (χ0) is 13.8. The molecule has 0 saturated heterocycles. The smallest absolute Gasteiger partial charge is 0.312 e. The highest BCUT2D eigenvalue weighted by Crippen LogP contribution is 2.32. The van der Waals surface area contributed by atoms with Gasteiger partial charge < -0.3 is 5.11 Å². The quantitative estimate of drug-likeness (QED) is 0.534. The number of phenolic OH excluding ortho intramolecular Hbond substituents is 1. The molecule has 1 aromatic heterocycles. The lowest BCUT2D eigenvalue weighted by atomic mass is 10.2. The summed E-state index contributed by atoms with van der Waals surface area (Å²) in [5.41, 5.74) is 0.469. The Bertz CT molecular complexity index is 644. The molecule has 0 radical (unpaired) electrons. The molecule has 96 valence electrons. The number of phenols is 1. The number of benzene rings is 1. The molecule has 1 aromatic carbocycles. The average molecular weight is 322 g/mol. The first-order chi connectivity index (χ1) is 9.08. The van der Waals surface area contributed by atoms with Crippen molar-refractivity contribution in [2.75, 3.05) is 0 Å². The van der Waals surface area contributed by atoms with E-state index in [1.807, 2.05) is 0 Å². The van der Waals surface area contributed by atoms with Crippen LogP contribution in [-0.4, -0.2) is 21.2 Å². The Labute approximate surface area is 116 Å². The summed E-state index contributed by atoms with van der Waals surface area (Å²) < 4.78 is 0.490. The lowest BCUT2D eigenvalue weighted by Crippen LogP contribution is -1.92. The van der Waals surface area contributed by atoms with Gasteiger partial charge in [-0.1, -0.05) is 15.9 Å². The minimum atomic E-state index is -0.651. The van der Waals surface area contributed by atoms with Crippen molar-refractivity contribution in [3.63, 3.8) is 0 Å². The van der Waals surface area contributed by atoms with Crippen molar-refractivity contribution >= 4 is 33.5 Å². The third kappa shape index (κ3) is 3.14. The van der Waals surface area contributed by atoms with Gasteiger partial charge >= 0.3 is 5.69 Å². The van der Waals surface area contributed by atoms with Gasteiger partial charge in [-0.3, -0.25) is 20.1 Å². The number of pyridine rings is 1. The number of rotatable bonds is 3. The van der Waals surface area contributed by atoms with E-state index in [9.17, 15) is 15.2 Å². The van der Waals surface area contributed by atoms with Gasteiger partial charge in [0.2, 0.25) is 5.75 Å². The SMILES string of the molecule is O=[N+]([O-])c1cc(Br)cc(C=Nc2cccnc2)c1O. The maximum Gasteiger partial charge on any atom is 0.312 e. The minimum absolute atomic E-state index is 0.255. The number of aromatic hydroxyl groups is 1. The molecule has 1 N–H and O–H groups in total. The molecule has 19 heavy (non-hydrogen) atoms. The molecule has 2 aromatic rings. The second-order valence-electron chi connectivity index (χ2n) is 3.59. The fraction of sp³-hybridized carbons (Fsp3) is 0. The molecule has 2 rings (SSSR count). The predicted molar refractivity (Wildman–Crippen MR) is 74.0 cm³/mol. The van der Waals surface area contributed by atoms with E-state index in [0.717, 1.165) is 0 Å². The Morgan fingerprint density at radius 2 is 2.26 bits per heavy atom. The first kappa shape index (κ1) is 13.2. The molecule has 0 atom stereocenters. The molecule has 0 aliphatic rings. The second-order valence-corrected chi connectivity index (χ2v) is 4.50. The summed E-state index contributed by atoms with van der Waals surface area (Å²) >= 11 is 3.15.